The predicted molar refractivity (Wildman–Crippen MR) is 117 cm³/mol. The minimum absolute atomic E-state index is 0. The average Bonchev–Trinajstić information content (AvgIpc) is 3.03. The van der Waals surface area contributed by atoms with Crippen molar-refractivity contribution in [2.24, 2.45) is 7.05 Å². The van der Waals surface area contributed by atoms with Crippen LogP contribution in [0.3, 0.4) is 0 Å². The van der Waals surface area contributed by atoms with E-state index in [2.05, 4.69) is 16.2 Å². The fourth-order valence-corrected chi connectivity index (χ4v) is 3.63. The van der Waals surface area contributed by atoms with Gasteiger partial charge in [-0.3, -0.25) is 9.48 Å². The number of nitrogens with two attached hydrogens (primary N) is 1. The highest BCUT2D eigenvalue weighted by Gasteiger charge is 2.26. The molecule has 2 aromatic heterocycles. The summed E-state index contributed by atoms with van der Waals surface area (Å²) >= 11 is 0. The number of hydrogen-bond acceptors (Lipinski definition) is 6. The molecule has 31 heavy (non-hydrogen) atoms. The van der Waals surface area contributed by atoms with Gasteiger partial charge in [-0.2, -0.15) is 10.4 Å². The monoisotopic (exact) mass is 486 g/mol. The Hall–Kier alpha value is -3.45. The Morgan fingerprint density at radius 3 is 2.77 bits per heavy atom. The van der Waals surface area contributed by atoms with Crippen molar-refractivity contribution in [3.8, 4) is 22.9 Å². The molecule has 1 amide bonds. The maximum Gasteiger partial charge on any atom is 0.254 e. The quantitative estimate of drug-likeness (QED) is 0.521. The number of aromatic nitrogens is 3. The third-order valence-electron chi connectivity index (χ3n) is 5.12. The van der Waals surface area contributed by atoms with Crippen LogP contribution in [0.25, 0.3) is 11.1 Å². The SMILES string of the molecule is Br.C[C@H]1Oc2cc(cnc2N)-c2c(nn(C)c2C#N)CN(C)C(=O)c2ccc(F)cc21. The minimum atomic E-state index is -0.671. The van der Waals surface area contributed by atoms with Crippen LogP contribution in [0.4, 0.5) is 10.2 Å². The Balaban J connectivity index is 0.00000272. The molecule has 0 aliphatic carbocycles. The number of carbonyl (C=O) groups is 1. The van der Waals surface area contributed by atoms with Crippen LogP contribution >= 0.6 is 17.0 Å². The molecule has 10 heteroatoms. The molecule has 2 N–H and O–H groups in total. The standard InChI is InChI=1S/C21H19FN6O2.BrH/c1-11-15-7-13(22)4-5-14(15)21(29)27(2)10-16-19(17(8-23)28(3)26-16)12-6-18(30-11)20(24)25-9-12;/h4-7,9,11H,10H2,1-3H3,(H2,24,25);1H/t11-;/m1./s1. The van der Waals surface area contributed by atoms with Crippen molar-refractivity contribution in [1.82, 2.24) is 19.7 Å². The fourth-order valence-electron chi connectivity index (χ4n) is 3.63. The van der Waals surface area contributed by atoms with Gasteiger partial charge in [-0.25, -0.2) is 9.37 Å². The first-order chi connectivity index (χ1) is 14.3. The van der Waals surface area contributed by atoms with Crippen molar-refractivity contribution in [3.63, 3.8) is 0 Å². The van der Waals surface area contributed by atoms with Gasteiger partial charge in [-0.05, 0) is 31.2 Å². The second kappa shape index (κ2) is 8.35. The number of anilines is 1. The van der Waals surface area contributed by atoms with Crippen LogP contribution in [0, 0.1) is 17.1 Å². The number of benzene rings is 1. The van der Waals surface area contributed by atoms with Crippen molar-refractivity contribution in [2.75, 3.05) is 12.8 Å². The molecule has 1 atom stereocenters. The van der Waals surface area contributed by atoms with Crippen LogP contribution in [0.2, 0.25) is 0 Å². The summed E-state index contributed by atoms with van der Waals surface area (Å²) in [7, 11) is 3.29. The lowest BCUT2D eigenvalue weighted by molar-refractivity contribution is 0.0778. The topological polar surface area (TPSA) is 110 Å². The Morgan fingerprint density at radius 1 is 1.32 bits per heavy atom. The number of ether oxygens (including phenoxy) is 1. The van der Waals surface area contributed by atoms with Crippen LogP contribution in [0.15, 0.2) is 30.5 Å². The number of rotatable bonds is 0. The van der Waals surface area contributed by atoms with Gasteiger partial charge in [0, 0.05) is 42.5 Å². The number of carbonyl (C=O) groups excluding carboxylic acids is 1. The van der Waals surface area contributed by atoms with Gasteiger partial charge in [0.1, 0.15) is 23.7 Å². The summed E-state index contributed by atoms with van der Waals surface area (Å²) in [5, 5.41) is 14.1. The maximum absolute atomic E-state index is 14.0. The largest absolute Gasteiger partial charge is 0.482 e. The van der Waals surface area contributed by atoms with E-state index in [1.165, 1.54) is 34.0 Å². The normalized spacial score (nSPS) is 15.4. The summed E-state index contributed by atoms with van der Waals surface area (Å²) < 4.78 is 21.4. The number of fused-ring (bicyclic) bond motifs is 5. The van der Waals surface area contributed by atoms with Crippen molar-refractivity contribution < 1.29 is 13.9 Å². The maximum atomic E-state index is 14.0. The molecule has 2 bridgehead atoms. The first-order valence-electron chi connectivity index (χ1n) is 9.23. The summed E-state index contributed by atoms with van der Waals surface area (Å²) in [6, 6.07) is 7.79. The second-order valence-electron chi connectivity index (χ2n) is 7.17. The van der Waals surface area contributed by atoms with E-state index in [0.717, 1.165) is 0 Å². The van der Waals surface area contributed by atoms with E-state index < -0.39 is 11.9 Å². The van der Waals surface area contributed by atoms with E-state index in [-0.39, 0.29) is 41.0 Å². The molecule has 1 aliphatic heterocycles. The molecule has 160 valence electrons. The van der Waals surface area contributed by atoms with E-state index in [9.17, 15) is 14.4 Å². The van der Waals surface area contributed by atoms with E-state index in [1.54, 1.807) is 27.1 Å². The smallest absolute Gasteiger partial charge is 0.254 e. The highest BCUT2D eigenvalue weighted by atomic mass is 79.9. The van der Waals surface area contributed by atoms with Gasteiger partial charge in [-0.1, -0.05) is 0 Å². The fraction of sp³-hybridized carbons (Fsp3) is 0.238. The van der Waals surface area contributed by atoms with Crippen LogP contribution in [-0.4, -0.2) is 32.6 Å². The zero-order chi connectivity index (χ0) is 21.6. The van der Waals surface area contributed by atoms with Crippen LogP contribution in [0.1, 0.15) is 40.3 Å². The van der Waals surface area contributed by atoms with Crippen molar-refractivity contribution in [2.45, 2.75) is 19.6 Å². The lowest BCUT2D eigenvalue weighted by Gasteiger charge is -2.23. The van der Waals surface area contributed by atoms with Gasteiger partial charge >= 0.3 is 0 Å². The van der Waals surface area contributed by atoms with Gasteiger partial charge in [-0.15, -0.1) is 17.0 Å². The average molecular weight is 487 g/mol. The molecule has 3 aromatic rings. The zero-order valence-corrected chi connectivity index (χ0v) is 18.8. The molecular formula is C21H20BrFN6O2. The van der Waals surface area contributed by atoms with Gasteiger partial charge in [0.15, 0.2) is 11.6 Å². The zero-order valence-electron chi connectivity index (χ0n) is 17.1. The van der Waals surface area contributed by atoms with Gasteiger partial charge in [0.05, 0.1) is 12.2 Å². The van der Waals surface area contributed by atoms with Gasteiger partial charge in [0.25, 0.3) is 5.91 Å². The molecule has 1 aromatic carbocycles. The summed E-state index contributed by atoms with van der Waals surface area (Å²) in [6.45, 7) is 1.86. The Labute approximate surface area is 188 Å². The van der Waals surface area contributed by atoms with E-state index in [4.69, 9.17) is 10.5 Å². The number of hydrogen-bond donors (Lipinski definition) is 1. The van der Waals surface area contributed by atoms with Crippen molar-refractivity contribution in [3.05, 3.63) is 58.8 Å². The molecule has 4 rings (SSSR count). The number of nitrogens with zero attached hydrogens (tertiary/aromatic N) is 5. The Bertz CT molecular complexity index is 1220. The molecule has 0 saturated carbocycles. The first-order valence-corrected chi connectivity index (χ1v) is 9.23. The second-order valence-corrected chi connectivity index (χ2v) is 7.17. The lowest BCUT2D eigenvalue weighted by Crippen LogP contribution is -2.28. The number of halogens is 2. The summed E-state index contributed by atoms with van der Waals surface area (Å²) in [6.07, 6.45) is 0.866. The molecule has 0 fully saturated rings. The van der Waals surface area contributed by atoms with E-state index in [0.29, 0.717) is 33.6 Å². The van der Waals surface area contributed by atoms with Gasteiger partial charge in [0.2, 0.25) is 0 Å². The third-order valence-corrected chi connectivity index (χ3v) is 5.12. The molecule has 0 saturated heterocycles. The van der Waals surface area contributed by atoms with Crippen molar-refractivity contribution >= 4 is 28.7 Å². The number of nitriles is 1. The lowest BCUT2D eigenvalue weighted by atomic mass is 10.00. The van der Waals surface area contributed by atoms with Crippen molar-refractivity contribution in [1.29, 1.82) is 5.26 Å². The minimum Gasteiger partial charge on any atom is -0.482 e. The summed E-state index contributed by atoms with van der Waals surface area (Å²) in [5.41, 5.74) is 8.72. The van der Waals surface area contributed by atoms with Gasteiger partial charge < -0.3 is 15.4 Å². The molecule has 8 nitrogen and oxygen atoms in total. The highest BCUT2D eigenvalue weighted by Crippen LogP contribution is 2.35. The summed E-state index contributed by atoms with van der Waals surface area (Å²) in [5.74, 6) is -0.369. The number of amides is 1. The molecule has 0 spiro atoms. The summed E-state index contributed by atoms with van der Waals surface area (Å²) in [4.78, 5) is 18.8. The number of aryl methyl sites for hydroxylation is 1. The predicted octanol–water partition coefficient (Wildman–Crippen LogP) is 3.38. The number of nitrogen functional groups attached to an aromatic ring is 1. The molecule has 0 radical (unpaired) electrons. The Morgan fingerprint density at radius 2 is 2.06 bits per heavy atom. The molecular weight excluding hydrogens is 467 g/mol. The van der Waals surface area contributed by atoms with Crippen LogP contribution in [-0.2, 0) is 13.6 Å². The molecule has 3 heterocycles. The van der Waals surface area contributed by atoms with E-state index >= 15 is 0 Å². The first kappa shape index (κ1) is 22.2. The Kier molecular flexibility index (Phi) is 5.99. The number of pyridine rings is 1. The van der Waals surface area contributed by atoms with E-state index in [1.807, 2.05) is 0 Å². The van der Waals surface area contributed by atoms with Crippen LogP contribution in [0.5, 0.6) is 5.75 Å². The molecule has 0 unspecified atom stereocenters. The van der Waals surface area contributed by atoms with Crippen LogP contribution < -0.4 is 10.5 Å². The molecule has 1 aliphatic rings. The highest BCUT2D eigenvalue weighted by molar-refractivity contribution is 8.93. The third kappa shape index (κ3) is 3.84.